The van der Waals surface area contributed by atoms with Crippen LogP contribution in [0.4, 0.5) is 8.78 Å². The number of nitrogens with two attached hydrogens (primary N) is 1. The first-order valence-electron chi connectivity index (χ1n) is 3.66. The van der Waals surface area contributed by atoms with E-state index in [0.29, 0.717) is 0 Å². The van der Waals surface area contributed by atoms with Crippen molar-refractivity contribution in [3.8, 4) is 6.07 Å². The molecule has 0 aliphatic carbocycles. The second-order valence-corrected chi connectivity index (χ2v) is 3.29. The van der Waals surface area contributed by atoms with Crippen molar-refractivity contribution in [3.05, 3.63) is 27.5 Å². The Morgan fingerprint density at radius 2 is 2.27 bits per heavy atom. The van der Waals surface area contributed by atoms with E-state index in [-0.39, 0.29) is 10.3 Å². The second kappa shape index (κ2) is 4.31. The molecule has 4 nitrogen and oxygen atoms in total. The molecule has 15 heavy (non-hydrogen) atoms. The van der Waals surface area contributed by atoms with Crippen molar-refractivity contribution in [1.29, 1.82) is 5.26 Å². The summed E-state index contributed by atoms with van der Waals surface area (Å²) in [5.74, 6) is -1.02. The van der Waals surface area contributed by atoms with Crippen molar-refractivity contribution in [1.82, 2.24) is 4.98 Å². The van der Waals surface area contributed by atoms with Crippen LogP contribution in [0.2, 0.25) is 0 Å². The van der Waals surface area contributed by atoms with Crippen LogP contribution in [0, 0.1) is 11.3 Å². The van der Waals surface area contributed by atoms with Gasteiger partial charge in [-0.25, -0.2) is 13.8 Å². The molecule has 1 heterocycles. The lowest BCUT2D eigenvalue weighted by Gasteiger charge is -2.07. The van der Waals surface area contributed by atoms with Gasteiger partial charge in [0.05, 0.1) is 11.1 Å². The van der Waals surface area contributed by atoms with Crippen molar-refractivity contribution < 1.29 is 13.6 Å². The highest BCUT2D eigenvalue weighted by Gasteiger charge is 2.22. The molecule has 0 spiro atoms. The van der Waals surface area contributed by atoms with Gasteiger partial charge in [0.25, 0.3) is 6.43 Å². The summed E-state index contributed by atoms with van der Waals surface area (Å²) in [6, 6.07) is 2.57. The van der Waals surface area contributed by atoms with Crippen molar-refractivity contribution in [2.75, 3.05) is 0 Å². The van der Waals surface area contributed by atoms with Crippen LogP contribution in [-0.2, 0) is 0 Å². The highest BCUT2D eigenvalue weighted by atomic mass is 79.9. The molecular formula is C8H4BrF2N3O. The molecule has 0 aliphatic rings. The maximum absolute atomic E-state index is 12.5. The fourth-order valence-corrected chi connectivity index (χ4v) is 1.57. The first kappa shape index (κ1) is 11.5. The highest BCUT2D eigenvalue weighted by Crippen LogP contribution is 2.29. The van der Waals surface area contributed by atoms with E-state index in [9.17, 15) is 13.6 Å². The molecule has 1 amide bonds. The molecule has 0 aliphatic heterocycles. The lowest BCUT2D eigenvalue weighted by atomic mass is 10.1. The smallest absolute Gasteiger partial charge is 0.267 e. The van der Waals surface area contributed by atoms with E-state index in [4.69, 9.17) is 11.0 Å². The van der Waals surface area contributed by atoms with E-state index in [0.717, 1.165) is 6.07 Å². The zero-order valence-corrected chi connectivity index (χ0v) is 8.75. The van der Waals surface area contributed by atoms with E-state index in [1.807, 2.05) is 0 Å². The minimum Gasteiger partial charge on any atom is -0.366 e. The van der Waals surface area contributed by atoms with Gasteiger partial charge < -0.3 is 5.73 Å². The number of nitrogens with zero attached hydrogens (tertiary/aromatic N) is 2. The number of carbonyl (C=O) groups excluding carboxylic acids is 1. The number of hydrogen-bond donors (Lipinski definition) is 1. The van der Waals surface area contributed by atoms with Gasteiger partial charge in [0.2, 0.25) is 5.91 Å². The topological polar surface area (TPSA) is 79.8 Å². The number of carbonyl (C=O) groups is 1. The Balaban J connectivity index is 3.51. The largest absolute Gasteiger partial charge is 0.366 e. The number of primary amides is 1. The average molecular weight is 276 g/mol. The van der Waals surface area contributed by atoms with Crippen LogP contribution in [0.1, 0.15) is 28.0 Å². The summed E-state index contributed by atoms with van der Waals surface area (Å²) in [4.78, 5) is 14.4. The predicted octanol–water partition coefficient (Wildman–Crippen LogP) is 1.75. The Labute approximate surface area is 91.8 Å². The van der Waals surface area contributed by atoms with Crippen LogP contribution in [-0.4, -0.2) is 10.9 Å². The van der Waals surface area contributed by atoms with Crippen LogP contribution in [0.5, 0.6) is 0 Å². The third-order valence-corrected chi connectivity index (χ3v) is 2.21. The second-order valence-electron chi connectivity index (χ2n) is 2.54. The van der Waals surface area contributed by atoms with Gasteiger partial charge in [-0.05, 0) is 22.0 Å². The third-order valence-electron chi connectivity index (χ3n) is 1.61. The Morgan fingerprint density at radius 1 is 1.67 bits per heavy atom. The Morgan fingerprint density at radius 3 is 2.67 bits per heavy atom. The van der Waals surface area contributed by atoms with Crippen LogP contribution in [0.25, 0.3) is 0 Å². The average Bonchev–Trinajstić information content (AvgIpc) is 2.15. The molecule has 7 heteroatoms. The van der Waals surface area contributed by atoms with Gasteiger partial charge in [0.15, 0.2) is 0 Å². The van der Waals surface area contributed by atoms with E-state index in [2.05, 4.69) is 20.9 Å². The molecule has 0 aromatic carbocycles. The van der Waals surface area contributed by atoms with E-state index >= 15 is 0 Å². The number of hydrogen-bond acceptors (Lipinski definition) is 3. The quantitative estimate of drug-likeness (QED) is 0.835. The van der Waals surface area contributed by atoms with Gasteiger partial charge >= 0.3 is 0 Å². The zero-order chi connectivity index (χ0) is 11.6. The number of amides is 1. The fraction of sp³-hybridized carbons (Fsp3) is 0.125. The lowest BCUT2D eigenvalue weighted by Crippen LogP contribution is -2.15. The third kappa shape index (κ3) is 2.27. The van der Waals surface area contributed by atoms with Gasteiger partial charge in [-0.3, -0.25) is 4.79 Å². The number of nitriles is 1. The molecule has 0 radical (unpaired) electrons. The van der Waals surface area contributed by atoms with E-state index < -0.39 is 23.5 Å². The Kier molecular flexibility index (Phi) is 3.31. The molecule has 1 rings (SSSR count). The monoisotopic (exact) mass is 275 g/mol. The normalized spacial score (nSPS) is 10.1. The van der Waals surface area contributed by atoms with E-state index in [1.165, 1.54) is 0 Å². The predicted molar refractivity (Wildman–Crippen MR) is 50.1 cm³/mol. The van der Waals surface area contributed by atoms with Crippen LogP contribution >= 0.6 is 15.9 Å². The zero-order valence-electron chi connectivity index (χ0n) is 7.17. The maximum atomic E-state index is 12.5. The van der Waals surface area contributed by atoms with Crippen LogP contribution < -0.4 is 5.73 Å². The minimum atomic E-state index is -2.89. The van der Waals surface area contributed by atoms with Gasteiger partial charge in [0.1, 0.15) is 16.4 Å². The van der Waals surface area contributed by atoms with Gasteiger partial charge in [0, 0.05) is 0 Å². The minimum absolute atomic E-state index is 0.153. The number of aromatic nitrogens is 1. The van der Waals surface area contributed by atoms with Crippen LogP contribution in [0.15, 0.2) is 10.7 Å². The first-order chi connectivity index (χ1) is 6.97. The molecule has 1 aromatic heterocycles. The first-order valence-corrected chi connectivity index (χ1v) is 4.45. The maximum Gasteiger partial charge on any atom is 0.267 e. The van der Waals surface area contributed by atoms with Crippen molar-refractivity contribution >= 4 is 21.8 Å². The van der Waals surface area contributed by atoms with Gasteiger partial charge in [-0.2, -0.15) is 5.26 Å². The van der Waals surface area contributed by atoms with Crippen molar-refractivity contribution in [3.63, 3.8) is 0 Å². The van der Waals surface area contributed by atoms with Crippen molar-refractivity contribution in [2.24, 2.45) is 5.73 Å². The molecule has 0 bridgehead atoms. The number of rotatable bonds is 2. The molecule has 0 atom stereocenters. The fourth-order valence-electron chi connectivity index (χ4n) is 0.993. The molecule has 2 N–H and O–H groups in total. The molecule has 0 fully saturated rings. The number of pyridine rings is 1. The molecule has 0 saturated heterocycles. The summed E-state index contributed by atoms with van der Waals surface area (Å²) < 4.78 is 24.8. The summed E-state index contributed by atoms with van der Waals surface area (Å²) in [5, 5.41) is 8.52. The highest BCUT2D eigenvalue weighted by molar-refractivity contribution is 9.10. The number of halogens is 3. The number of alkyl halides is 2. The summed E-state index contributed by atoms with van der Waals surface area (Å²) in [6.07, 6.45) is -2.89. The Bertz CT molecular complexity index is 456. The summed E-state index contributed by atoms with van der Waals surface area (Å²) in [6.45, 7) is 0. The molecule has 78 valence electrons. The van der Waals surface area contributed by atoms with E-state index in [1.54, 1.807) is 6.07 Å². The summed E-state index contributed by atoms with van der Waals surface area (Å²) >= 11 is 2.76. The molecular weight excluding hydrogens is 272 g/mol. The summed E-state index contributed by atoms with van der Waals surface area (Å²) in [7, 11) is 0. The SMILES string of the molecule is N#Cc1cc(C(N)=O)c(C(F)F)c(Br)n1. The molecule has 1 aromatic rings. The van der Waals surface area contributed by atoms with Gasteiger partial charge in [-0.15, -0.1) is 0 Å². The standard InChI is InChI=1S/C8H4BrF2N3O/c9-6-5(7(10)11)4(8(13)15)1-3(2-12)14-6/h1,7H,(H2,13,15). The van der Waals surface area contributed by atoms with Crippen LogP contribution in [0.3, 0.4) is 0 Å². The lowest BCUT2D eigenvalue weighted by molar-refractivity contribution is 0.0985. The molecule has 0 saturated carbocycles. The Hall–Kier alpha value is -1.55. The summed E-state index contributed by atoms with van der Waals surface area (Å²) in [5.41, 5.74) is 3.77. The van der Waals surface area contributed by atoms with Gasteiger partial charge in [-0.1, -0.05) is 0 Å². The molecule has 0 unspecified atom stereocenters. The van der Waals surface area contributed by atoms with Crippen molar-refractivity contribution in [2.45, 2.75) is 6.43 Å².